The predicted octanol–water partition coefficient (Wildman–Crippen LogP) is -1.84. The van der Waals surface area contributed by atoms with E-state index in [-0.39, 0.29) is 0 Å². The van der Waals surface area contributed by atoms with E-state index in [1.807, 2.05) is 0 Å². The van der Waals surface area contributed by atoms with Crippen molar-refractivity contribution in [2.24, 2.45) is 0 Å². The lowest BCUT2D eigenvalue weighted by Crippen LogP contribution is -2.19. The minimum atomic E-state index is -1.56. The van der Waals surface area contributed by atoms with E-state index in [4.69, 9.17) is 0 Å². The Bertz CT molecular complexity index is 171. The molecule has 0 amide bonds. The van der Waals surface area contributed by atoms with Crippen LogP contribution in [0.15, 0.2) is 0 Å². The Balaban J connectivity index is 2.48. The van der Waals surface area contributed by atoms with Crippen molar-refractivity contribution in [3.63, 3.8) is 0 Å². The Morgan fingerprint density at radius 1 is 1.30 bits per heavy atom. The van der Waals surface area contributed by atoms with Crippen molar-refractivity contribution >= 4 is 25.7 Å². The second-order valence-electron chi connectivity index (χ2n) is 1.30. The first-order valence-electron chi connectivity index (χ1n) is 2.18. The summed E-state index contributed by atoms with van der Waals surface area (Å²) in [7, 11) is -1.56. The topological polar surface area (TPSA) is 78.9 Å². The molecule has 0 spiro atoms. The van der Waals surface area contributed by atoms with Gasteiger partial charge in [-0.1, -0.05) is 6.47 Å². The quantitative estimate of drug-likeness (QED) is 0.256. The average molecular weight is 143 g/mol. The van der Waals surface area contributed by atoms with Crippen molar-refractivity contribution < 1.29 is 28.3 Å². The van der Waals surface area contributed by atoms with Crippen LogP contribution >= 0.6 is 0 Å². The summed E-state index contributed by atoms with van der Waals surface area (Å²) in [6.07, 6.45) is 0. The fourth-order valence-electron chi connectivity index (χ4n) is 0.382. The first-order chi connectivity index (χ1) is 4.74. The van der Waals surface area contributed by atoms with E-state index in [9.17, 15) is 14.4 Å². The third kappa shape index (κ3) is 1.07. The first-order valence-corrected chi connectivity index (χ1v) is 2.18. The van der Waals surface area contributed by atoms with Gasteiger partial charge in [-0.15, -0.1) is 0 Å². The monoisotopic (exact) mass is 143 g/mol. The number of rotatable bonds is 2. The molecule has 1 rings (SSSR count). The summed E-state index contributed by atoms with van der Waals surface area (Å²) in [5, 5.41) is 0. The number of hydrogen-bond acceptors (Lipinski definition) is 6. The van der Waals surface area contributed by atoms with Gasteiger partial charge >= 0.3 is 19.3 Å². The van der Waals surface area contributed by atoms with Crippen LogP contribution in [-0.2, 0) is 28.3 Å². The van der Waals surface area contributed by atoms with E-state index < -0.39 is 19.3 Å². The summed E-state index contributed by atoms with van der Waals surface area (Å²) in [6.45, 7) is 0.946. The molecule has 0 aromatic carbocycles. The largest absolute Gasteiger partial charge is 0.834 e. The molecule has 10 heavy (non-hydrogen) atoms. The standard InChI is InChI=1S/C3BO6/c5-1-8-4-9-2(6)3(7)10-4/q-1. The van der Waals surface area contributed by atoms with Crippen LogP contribution < -0.4 is 0 Å². The van der Waals surface area contributed by atoms with Crippen LogP contribution in [0, 0.1) is 0 Å². The van der Waals surface area contributed by atoms with Gasteiger partial charge in [0.05, 0.1) is 0 Å². The zero-order chi connectivity index (χ0) is 7.56. The molecule has 6 nitrogen and oxygen atoms in total. The van der Waals surface area contributed by atoms with E-state index in [0.717, 1.165) is 6.47 Å². The number of carbonyl (C=O) groups is 2. The van der Waals surface area contributed by atoms with Crippen LogP contribution in [0.4, 0.5) is 0 Å². The first kappa shape index (κ1) is 6.59. The van der Waals surface area contributed by atoms with E-state index in [0.29, 0.717) is 0 Å². The highest BCUT2D eigenvalue weighted by atomic mass is 16.8. The molecular weight excluding hydrogens is 143 g/mol. The van der Waals surface area contributed by atoms with Crippen LogP contribution in [0.1, 0.15) is 0 Å². The molecule has 0 aromatic heterocycles. The lowest BCUT2D eigenvalue weighted by molar-refractivity contribution is -0.150. The highest BCUT2D eigenvalue weighted by Crippen LogP contribution is 2.02. The van der Waals surface area contributed by atoms with Crippen molar-refractivity contribution in [2.45, 2.75) is 0 Å². The van der Waals surface area contributed by atoms with Crippen LogP contribution in [0.3, 0.4) is 0 Å². The second kappa shape index (κ2) is 2.38. The second-order valence-corrected chi connectivity index (χ2v) is 1.30. The van der Waals surface area contributed by atoms with Crippen molar-refractivity contribution in [3.05, 3.63) is 0 Å². The molecule has 1 aliphatic heterocycles. The van der Waals surface area contributed by atoms with Gasteiger partial charge in [0.25, 0.3) is 0 Å². The van der Waals surface area contributed by atoms with Crippen LogP contribution in [0.2, 0.25) is 0 Å². The van der Waals surface area contributed by atoms with Gasteiger partial charge in [0.2, 0.25) is 0 Å². The fraction of sp³-hybridized carbons (Fsp3) is 0. The Morgan fingerprint density at radius 3 is 2.20 bits per heavy atom. The number of hydrogen-bond donors (Lipinski definition) is 0. The zero-order valence-electron chi connectivity index (χ0n) is 4.53. The molecule has 0 N–H and O–H groups in total. The molecule has 1 saturated heterocycles. The molecule has 52 valence electrons. The third-order valence-corrected chi connectivity index (χ3v) is 0.718. The highest BCUT2D eigenvalue weighted by Gasteiger charge is 2.42. The smallest absolute Gasteiger partial charge is 0.657 e. The molecule has 0 unspecified atom stereocenters. The Morgan fingerprint density at radius 2 is 1.80 bits per heavy atom. The molecule has 1 fully saturated rings. The SMILES string of the molecule is O=[C-]OB1OC(=O)C(=O)O1. The van der Waals surface area contributed by atoms with Crippen LogP contribution in [0.5, 0.6) is 0 Å². The molecular formula is C3BO6-. The van der Waals surface area contributed by atoms with Crippen molar-refractivity contribution in [1.29, 1.82) is 0 Å². The van der Waals surface area contributed by atoms with Gasteiger partial charge in [-0.05, 0) is 0 Å². The molecule has 0 saturated carbocycles. The summed E-state index contributed by atoms with van der Waals surface area (Å²) in [5.41, 5.74) is 0. The Hall–Kier alpha value is -1.53. The van der Waals surface area contributed by atoms with E-state index in [2.05, 4.69) is 14.0 Å². The Labute approximate surface area is 55.2 Å². The van der Waals surface area contributed by atoms with Gasteiger partial charge in [-0.25, -0.2) is 9.59 Å². The average Bonchev–Trinajstić information content (AvgIpc) is 2.14. The van der Waals surface area contributed by atoms with Gasteiger partial charge in [0.15, 0.2) is 0 Å². The van der Waals surface area contributed by atoms with Crippen molar-refractivity contribution in [2.75, 3.05) is 0 Å². The summed E-state index contributed by atoms with van der Waals surface area (Å²) in [4.78, 5) is 29.7. The lowest BCUT2D eigenvalue weighted by atomic mass is 10.2. The minimum Gasteiger partial charge on any atom is -0.657 e. The van der Waals surface area contributed by atoms with Gasteiger partial charge in [-0.2, -0.15) is 0 Å². The molecule has 0 aliphatic carbocycles. The third-order valence-electron chi connectivity index (χ3n) is 0.718. The molecule has 0 aromatic rings. The predicted molar refractivity (Wildman–Crippen MR) is 24.7 cm³/mol. The molecule has 1 aliphatic rings. The zero-order valence-corrected chi connectivity index (χ0v) is 4.53. The van der Waals surface area contributed by atoms with E-state index >= 15 is 0 Å². The molecule has 0 radical (unpaired) electrons. The van der Waals surface area contributed by atoms with Crippen molar-refractivity contribution in [1.82, 2.24) is 0 Å². The normalized spacial score (nSPS) is 16.2. The summed E-state index contributed by atoms with van der Waals surface area (Å²) >= 11 is 0. The van der Waals surface area contributed by atoms with Crippen LogP contribution in [-0.4, -0.2) is 25.7 Å². The maximum absolute atomic E-state index is 10.2. The molecule has 0 bridgehead atoms. The van der Waals surface area contributed by atoms with E-state index in [1.54, 1.807) is 0 Å². The van der Waals surface area contributed by atoms with Gasteiger partial charge < -0.3 is 18.8 Å². The Kier molecular flexibility index (Phi) is 1.57. The lowest BCUT2D eigenvalue weighted by Gasteiger charge is -2.04. The maximum Gasteiger partial charge on any atom is 0.834 e. The highest BCUT2D eigenvalue weighted by molar-refractivity contribution is 6.56. The van der Waals surface area contributed by atoms with Crippen molar-refractivity contribution in [3.8, 4) is 0 Å². The summed E-state index contributed by atoms with van der Waals surface area (Å²) < 4.78 is 11.9. The van der Waals surface area contributed by atoms with E-state index in [1.165, 1.54) is 0 Å². The molecule has 0 atom stereocenters. The van der Waals surface area contributed by atoms with Gasteiger partial charge in [0.1, 0.15) is 0 Å². The molecule has 7 heteroatoms. The maximum atomic E-state index is 10.2. The summed E-state index contributed by atoms with van der Waals surface area (Å²) in [6, 6.07) is 0. The van der Waals surface area contributed by atoms with Gasteiger partial charge in [0, 0.05) is 0 Å². The van der Waals surface area contributed by atoms with Crippen LogP contribution in [0.25, 0.3) is 0 Å². The van der Waals surface area contributed by atoms with Gasteiger partial charge in [-0.3, -0.25) is 0 Å². The number of carbonyl (C=O) groups excluding carboxylic acids is 3. The minimum absolute atomic E-state index is 0.946. The fourth-order valence-corrected chi connectivity index (χ4v) is 0.382. The molecule has 1 heterocycles. The summed E-state index contributed by atoms with van der Waals surface area (Å²) in [5.74, 6) is -2.36.